The Hall–Kier alpha value is -2.72. The van der Waals surface area contributed by atoms with Crippen LogP contribution in [0.2, 0.25) is 5.02 Å². The molecule has 0 aliphatic heterocycles. The van der Waals surface area contributed by atoms with E-state index in [2.05, 4.69) is 15.8 Å². The minimum absolute atomic E-state index is 0.135. The van der Waals surface area contributed by atoms with Crippen LogP contribution in [0, 0.1) is 11.3 Å². The third-order valence-electron chi connectivity index (χ3n) is 4.21. The van der Waals surface area contributed by atoms with E-state index in [1.54, 1.807) is 54.9 Å². The SMILES string of the molecule is N#Cc1ccc(Cc2cnccc2CNS(=O)(=O)Cc2cccc(Cl)c2)cc1. The summed E-state index contributed by atoms with van der Waals surface area (Å²) < 4.78 is 27.5. The van der Waals surface area contributed by atoms with Gasteiger partial charge in [0.15, 0.2) is 0 Å². The third-order valence-corrected chi connectivity index (χ3v) is 5.74. The van der Waals surface area contributed by atoms with E-state index in [4.69, 9.17) is 16.9 Å². The van der Waals surface area contributed by atoms with E-state index in [9.17, 15) is 8.42 Å². The Labute approximate surface area is 169 Å². The summed E-state index contributed by atoms with van der Waals surface area (Å²) in [5.74, 6) is -0.135. The Morgan fingerprint density at radius 1 is 1.04 bits per heavy atom. The molecule has 0 amide bonds. The second kappa shape index (κ2) is 8.98. The van der Waals surface area contributed by atoms with Crippen molar-refractivity contribution in [3.05, 3.63) is 99.8 Å². The van der Waals surface area contributed by atoms with E-state index >= 15 is 0 Å². The minimum atomic E-state index is -3.51. The molecule has 1 aromatic heterocycles. The lowest BCUT2D eigenvalue weighted by Gasteiger charge is -2.11. The van der Waals surface area contributed by atoms with Crippen molar-refractivity contribution < 1.29 is 8.42 Å². The van der Waals surface area contributed by atoms with Crippen molar-refractivity contribution >= 4 is 21.6 Å². The second-order valence-corrected chi connectivity index (χ2v) is 8.58. The van der Waals surface area contributed by atoms with Crippen LogP contribution in [0.25, 0.3) is 0 Å². The average Bonchev–Trinajstić information content (AvgIpc) is 2.68. The molecule has 0 aliphatic rings. The molecule has 0 spiro atoms. The molecule has 3 aromatic rings. The van der Waals surface area contributed by atoms with Gasteiger partial charge in [-0.2, -0.15) is 5.26 Å². The summed E-state index contributed by atoms with van der Waals surface area (Å²) in [7, 11) is -3.51. The maximum absolute atomic E-state index is 12.4. The third kappa shape index (κ3) is 5.64. The second-order valence-electron chi connectivity index (χ2n) is 6.34. The van der Waals surface area contributed by atoms with Crippen LogP contribution in [0.1, 0.15) is 27.8 Å². The number of rotatable bonds is 7. The molecule has 7 heteroatoms. The monoisotopic (exact) mass is 411 g/mol. The van der Waals surface area contributed by atoms with Gasteiger partial charge in [-0.25, -0.2) is 13.1 Å². The molecule has 0 radical (unpaired) electrons. The Morgan fingerprint density at radius 2 is 1.82 bits per heavy atom. The number of nitrogens with zero attached hydrogens (tertiary/aromatic N) is 2. The molecule has 0 saturated heterocycles. The topological polar surface area (TPSA) is 82.8 Å². The zero-order chi connectivity index (χ0) is 20.0. The van der Waals surface area contributed by atoms with Crippen molar-refractivity contribution in [1.29, 1.82) is 5.26 Å². The quantitative estimate of drug-likeness (QED) is 0.640. The summed E-state index contributed by atoms with van der Waals surface area (Å²) in [4.78, 5) is 4.15. The van der Waals surface area contributed by atoms with Gasteiger partial charge in [0, 0.05) is 24.0 Å². The van der Waals surface area contributed by atoms with Crippen LogP contribution < -0.4 is 4.72 Å². The Morgan fingerprint density at radius 3 is 2.54 bits per heavy atom. The first-order valence-electron chi connectivity index (χ1n) is 8.58. The summed E-state index contributed by atoms with van der Waals surface area (Å²) in [6, 6.07) is 18.0. The molecule has 1 N–H and O–H groups in total. The highest BCUT2D eigenvalue weighted by Crippen LogP contribution is 2.16. The first kappa shape index (κ1) is 20.0. The molecule has 3 rings (SSSR count). The summed E-state index contributed by atoms with van der Waals surface area (Å²) in [6.45, 7) is 0.178. The van der Waals surface area contributed by atoms with E-state index in [0.717, 1.165) is 16.7 Å². The van der Waals surface area contributed by atoms with Crippen molar-refractivity contribution in [2.75, 3.05) is 0 Å². The molecule has 0 unspecified atom stereocenters. The number of sulfonamides is 1. The fourth-order valence-corrected chi connectivity index (χ4v) is 4.10. The highest BCUT2D eigenvalue weighted by atomic mass is 35.5. The molecule has 0 bridgehead atoms. The van der Waals surface area contributed by atoms with Crippen LogP contribution in [-0.4, -0.2) is 13.4 Å². The maximum atomic E-state index is 12.4. The molecule has 2 aromatic carbocycles. The van der Waals surface area contributed by atoms with Crippen LogP contribution in [0.15, 0.2) is 67.0 Å². The summed E-state index contributed by atoms with van der Waals surface area (Å²) >= 11 is 5.92. The van der Waals surface area contributed by atoms with Crippen LogP contribution >= 0.6 is 11.6 Å². The van der Waals surface area contributed by atoms with Crippen molar-refractivity contribution in [1.82, 2.24) is 9.71 Å². The predicted octanol–water partition coefficient (Wildman–Crippen LogP) is 3.82. The molecule has 0 atom stereocenters. The summed E-state index contributed by atoms with van der Waals surface area (Å²) in [5.41, 5.74) is 4.04. The van der Waals surface area contributed by atoms with Crippen LogP contribution in [0.5, 0.6) is 0 Å². The summed E-state index contributed by atoms with van der Waals surface area (Å²) in [6.07, 6.45) is 3.98. The lowest BCUT2D eigenvalue weighted by Crippen LogP contribution is -2.25. The molecule has 0 fully saturated rings. The number of aromatic nitrogens is 1. The lowest BCUT2D eigenvalue weighted by atomic mass is 10.0. The van der Waals surface area contributed by atoms with E-state index in [1.165, 1.54) is 0 Å². The molecule has 0 saturated carbocycles. The summed E-state index contributed by atoms with van der Waals surface area (Å²) in [5, 5.41) is 9.40. The lowest BCUT2D eigenvalue weighted by molar-refractivity contribution is 0.580. The number of pyridine rings is 1. The number of nitriles is 1. The standard InChI is InChI=1S/C21H18ClN3O2S/c22-21-3-1-2-18(11-21)15-28(26,27)25-14-19-8-9-24-13-20(19)10-16-4-6-17(12-23)7-5-16/h1-9,11,13,25H,10,14-15H2. The number of hydrogen-bond donors (Lipinski definition) is 1. The molecule has 0 aliphatic carbocycles. The van der Waals surface area contributed by atoms with Gasteiger partial charge in [-0.15, -0.1) is 0 Å². The fourth-order valence-electron chi connectivity index (χ4n) is 2.79. The first-order valence-corrected chi connectivity index (χ1v) is 10.6. The average molecular weight is 412 g/mol. The van der Waals surface area contributed by atoms with Gasteiger partial charge in [-0.05, 0) is 59.0 Å². The molecular weight excluding hydrogens is 394 g/mol. The van der Waals surface area contributed by atoms with Gasteiger partial charge >= 0.3 is 0 Å². The molecule has 5 nitrogen and oxygen atoms in total. The molecule has 28 heavy (non-hydrogen) atoms. The Bertz CT molecular complexity index is 1110. The zero-order valence-electron chi connectivity index (χ0n) is 15.0. The van der Waals surface area contributed by atoms with Crippen LogP contribution in [0.3, 0.4) is 0 Å². The van der Waals surface area contributed by atoms with Gasteiger partial charge < -0.3 is 0 Å². The maximum Gasteiger partial charge on any atom is 0.216 e. The van der Waals surface area contributed by atoms with Crippen molar-refractivity contribution in [3.8, 4) is 6.07 Å². The smallest absolute Gasteiger partial charge is 0.216 e. The molecular formula is C21H18ClN3O2S. The zero-order valence-corrected chi connectivity index (χ0v) is 16.5. The number of nitrogens with one attached hydrogen (secondary N) is 1. The fraction of sp³-hybridized carbons (Fsp3) is 0.143. The van der Waals surface area contributed by atoms with Gasteiger partial charge in [0.1, 0.15) is 0 Å². The first-order chi connectivity index (χ1) is 13.4. The number of halogens is 1. The van der Waals surface area contributed by atoms with E-state index < -0.39 is 10.0 Å². The number of benzene rings is 2. The minimum Gasteiger partial charge on any atom is -0.264 e. The Balaban J connectivity index is 1.69. The van der Waals surface area contributed by atoms with Gasteiger partial charge in [-0.1, -0.05) is 35.9 Å². The number of hydrogen-bond acceptors (Lipinski definition) is 4. The predicted molar refractivity (Wildman–Crippen MR) is 109 cm³/mol. The van der Waals surface area contributed by atoms with Crippen molar-refractivity contribution in [2.24, 2.45) is 0 Å². The molecule has 142 valence electrons. The normalized spacial score (nSPS) is 11.1. The van der Waals surface area contributed by atoms with E-state index in [-0.39, 0.29) is 12.3 Å². The highest BCUT2D eigenvalue weighted by Gasteiger charge is 2.13. The Kier molecular flexibility index (Phi) is 6.42. The van der Waals surface area contributed by atoms with Gasteiger partial charge in [-0.3, -0.25) is 4.98 Å². The van der Waals surface area contributed by atoms with Gasteiger partial charge in [0.05, 0.1) is 17.4 Å². The highest BCUT2D eigenvalue weighted by molar-refractivity contribution is 7.88. The van der Waals surface area contributed by atoms with E-state index in [1.807, 2.05) is 12.1 Å². The van der Waals surface area contributed by atoms with Gasteiger partial charge in [0.2, 0.25) is 10.0 Å². The van der Waals surface area contributed by atoms with Crippen LogP contribution in [0.4, 0.5) is 0 Å². The molecule has 1 heterocycles. The van der Waals surface area contributed by atoms with Crippen LogP contribution in [-0.2, 0) is 28.7 Å². The largest absolute Gasteiger partial charge is 0.264 e. The van der Waals surface area contributed by atoms with Crippen molar-refractivity contribution in [3.63, 3.8) is 0 Å². The van der Waals surface area contributed by atoms with Crippen molar-refractivity contribution in [2.45, 2.75) is 18.7 Å². The van der Waals surface area contributed by atoms with E-state index in [0.29, 0.717) is 22.6 Å². The van der Waals surface area contributed by atoms with Gasteiger partial charge in [0.25, 0.3) is 0 Å².